The lowest BCUT2D eigenvalue weighted by Crippen LogP contribution is -3.00. The predicted molar refractivity (Wildman–Crippen MR) is 107 cm³/mol. The van der Waals surface area contributed by atoms with Crippen molar-refractivity contribution in [3.8, 4) is 28.4 Å². The number of rotatable bonds is 6. The van der Waals surface area contributed by atoms with Crippen LogP contribution in [0.4, 0.5) is 0 Å². The Morgan fingerprint density at radius 1 is 0.893 bits per heavy atom. The standard InChI is InChI=1S/C23H27N2O2.BrH/c1-4-26-20-12-8-18(9-13-20)23-17(3)24-16-6-7-22(24)25(23)19-10-14-21(15-11-19)27-5-2;/h8-15H,4-7,16H2,1-3H3;1H/q+1;/p-1. The van der Waals surface area contributed by atoms with Crippen molar-refractivity contribution < 1.29 is 31.0 Å². The molecule has 0 spiro atoms. The summed E-state index contributed by atoms with van der Waals surface area (Å²) in [5.74, 6) is 3.20. The first kappa shape index (κ1) is 20.5. The second-order valence-corrected chi connectivity index (χ2v) is 6.83. The maximum atomic E-state index is 5.62. The van der Waals surface area contributed by atoms with E-state index in [1.54, 1.807) is 0 Å². The third-order valence-electron chi connectivity index (χ3n) is 5.17. The Bertz CT molecular complexity index is 931. The van der Waals surface area contributed by atoms with Crippen molar-refractivity contribution in [2.24, 2.45) is 0 Å². The van der Waals surface area contributed by atoms with Crippen LogP contribution in [0.3, 0.4) is 0 Å². The molecule has 0 radical (unpaired) electrons. The zero-order valence-corrected chi connectivity index (χ0v) is 18.3. The van der Waals surface area contributed by atoms with E-state index in [4.69, 9.17) is 9.47 Å². The number of nitrogens with zero attached hydrogens (tertiary/aromatic N) is 2. The summed E-state index contributed by atoms with van der Waals surface area (Å²) >= 11 is 0. The van der Waals surface area contributed by atoms with Gasteiger partial charge in [0, 0.05) is 12.5 Å². The summed E-state index contributed by atoms with van der Waals surface area (Å²) in [4.78, 5) is 0. The minimum absolute atomic E-state index is 0. The van der Waals surface area contributed by atoms with Gasteiger partial charge in [-0.3, -0.25) is 0 Å². The van der Waals surface area contributed by atoms with Crippen molar-refractivity contribution in [2.45, 2.75) is 40.2 Å². The highest BCUT2D eigenvalue weighted by atomic mass is 79.9. The van der Waals surface area contributed by atoms with Gasteiger partial charge in [0.2, 0.25) is 0 Å². The summed E-state index contributed by atoms with van der Waals surface area (Å²) in [6.07, 6.45) is 2.31. The highest BCUT2D eigenvalue weighted by Gasteiger charge is 2.33. The number of hydrogen-bond acceptors (Lipinski definition) is 2. The minimum Gasteiger partial charge on any atom is -1.00 e. The maximum Gasteiger partial charge on any atom is 0.262 e. The molecule has 5 heteroatoms. The molecule has 0 saturated carbocycles. The smallest absolute Gasteiger partial charge is 0.262 e. The molecule has 2 heterocycles. The van der Waals surface area contributed by atoms with Gasteiger partial charge in [-0.2, -0.15) is 4.57 Å². The molecule has 1 aromatic heterocycles. The van der Waals surface area contributed by atoms with Gasteiger partial charge in [-0.15, -0.1) is 0 Å². The molecule has 0 aliphatic carbocycles. The first-order valence-electron chi connectivity index (χ1n) is 9.83. The molecule has 4 rings (SSSR count). The molecule has 1 aliphatic rings. The van der Waals surface area contributed by atoms with E-state index in [0.29, 0.717) is 13.2 Å². The molecule has 0 amide bonds. The Balaban J connectivity index is 0.00000225. The fraction of sp³-hybridized carbons (Fsp3) is 0.348. The van der Waals surface area contributed by atoms with Gasteiger partial charge in [0.05, 0.1) is 26.2 Å². The van der Waals surface area contributed by atoms with Gasteiger partial charge in [0.15, 0.2) is 5.69 Å². The van der Waals surface area contributed by atoms with E-state index < -0.39 is 0 Å². The normalized spacial score (nSPS) is 12.4. The Labute approximate surface area is 177 Å². The summed E-state index contributed by atoms with van der Waals surface area (Å²) in [6, 6.07) is 16.9. The average Bonchev–Trinajstić information content (AvgIpc) is 3.26. The van der Waals surface area contributed by atoms with Crippen molar-refractivity contribution >= 4 is 0 Å². The van der Waals surface area contributed by atoms with Crippen LogP contribution in [0.1, 0.15) is 31.8 Å². The van der Waals surface area contributed by atoms with E-state index in [1.165, 1.54) is 34.9 Å². The fourth-order valence-corrected chi connectivity index (χ4v) is 4.02. The Kier molecular flexibility index (Phi) is 6.45. The van der Waals surface area contributed by atoms with E-state index in [9.17, 15) is 0 Å². The zero-order valence-electron chi connectivity index (χ0n) is 16.7. The largest absolute Gasteiger partial charge is 1.00 e. The van der Waals surface area contributed by atoms with Gasteiger partial charge in [0.1, 0.15) is 22.9 Å². The van der Waals surface area contributed by atoms with E-state index in [1.807, 2.05) is 13.8 Å². The lowest BCUT2D eigenvalue weighted by molar-refractivity contribution is -0.695. The highest BCUT2D eigenvalue weighted by Crippen LogP contribution is 2.31. The van der Waals surface area contributed by atoms with Crippen LogP contribution in [-0.4, -0.2) is 17.8 Å². The number of benzene rings is 2. The van der Waals surface area contributed by atoms with Crippen LogP contribution in [0.2, 0.25) is 0 Å². The Morgan fingerprint density at radius 3 is 2.04 bits per heavy atom. The van der Waals surface area contributed by atoms with Crippen molar-refractivity contribution in [1.82, 2.24) is 4.57 Å². The molecular weight excluding hydrogens is 416 g/mol. The van der Waals surface area contributed by atoms with Crippen molar-refractivity contribution in [1.29, 1.82) is 0 Å². The monoisotopic (exact) mass is 442 g/mol. The van der Waals surface area contributed by atoms with Gasteiger partial charge in [0.25, 0.3) is 5.82 Å². The lowest BCUT2D eigenvalue weighted by Gasteiger charge is -2.08. The van der Waals surface area contributed by atoms with E-state index >= 15 is 0 Å². The number of aromatic nitrogens is 2. The number of fused-ring (bicyclic) bond motifs is 1. The van der Waals surface area contributed by atoms with Crippen LogP contribution in [0.5, 0.6) is 11.5 Å². The van der Waals surface area contributed by atoms with Crippen LogP contribution in [0.25, 0.3) is 16.9 Å². The molecule has 0 atom stereocenters. The molecule has 1 aliphatic heterocycles. The second kappa shape index (κ2) is 8.82. The van der Waals surface area contributed by atoms with Gasteiger partial charge in [-0.05, 0) is 68.8 Å². The average molecular weight is 443 g/mol. The summed E-state index contributed by atoms with van der Waals surface area (Å²) in [7, 11) is 0. The Morgan fingerprint density at radius 2 is 1.46 bits per heavy atom. The molecule has 3 aromatic rings. The van der Waals surface area contributed by atoms with E-state index in [-0.39, 0.29) is 17.0 Å². The molecule has 4 nitrogen and oxygen atoms in total. The molecule has 28 heavy (non-hydrogen) atoms. The van der Waals surface area contributed by atoms with Crippen LogP contribution in [0.15, 0.2) is 48.5 Å². The SMILES string of the molecule is CCOc1ccc(-c2c(C)[n+]3c(n2-c2ccc(OCC)cc2)CCC3)cc1.[Br-]. The molecule has 2 aromatic carbocycles. The maximum absolute atomic E-state index is 5.62. The van der Waals surface area contributed by atoms with E-state index in [0.717, 1.165) is 24.5 Å². The van der Waals surface area contributed by atoms with Crippen LogP contribution >= 0.6 is 0 Å². The lowest BCUT2D eigenvalue weighted by atomic mass is 10.1. The van der Waals surface area contributed by atoms with Crippen LogP contribution < -0.4 is 31.0 Å². The number of ether oxygens (including phenoxy) is 2. The minimum atomic E-state index is 0. The Hall–Kier alpha value is -2.27. The molecule has 0 bridgehead atoms. The summed E-state index contributed by atoms with van der Waals surface area (Å²) in [5.41, 5.74) is 4.98. The zero-order chi connectivity index (χ0) is 18.8. The first-order chi connectivity index (χ1) is 13.2. The first-order valence-corrected chi connectivity index (χ1v) is 9.83. The number of halogens is 1. The number of imidazole rings is 1. The number of hydrogen-bond donors (Lipinski definition) is 0. The third-order valence-corrected chi connectivity index (χ3v) is 5.17. The second-order valence-electron chi connectivity index (χ2n) is 6.83. The van der Waals surface area contributed by atoms with E-state index in [2.05, 4.69) is 64.6 Å². The summed E-state index contributed by atoms with van der Waals surface area (Å²) in [5, 5.41) is 0. The molecular formula is C23H27BrN2O2. The molecule has 148 valence electrons. The van der Waals surface area contributed by atoms with Gasteiger partial charge in [-0.25, -0.2) is 4.57 Å². The summed E-state index contributed by atoms with van der Waals surface area (Å²) < 4.78 is 16.1. The summed E-state index contributed by atoms with van der Waals surface area (Å²) in [6.45, 7) is 8.71. The van der Waals surface area contributed by atoms with Gasteiger partial charge >= 0.3 is 0 Å². The van der Waals surface area contributed by atoms with Gasteiger partial charge < -0.3 is 26.5 Å². The fourth-order valence-electron chi connectivity index (χ4n) is 4.02. The van der Waals surface area contributed by atoms with Crippen LogP contribution in [-0.2, 0) is 13.0 Å². The topological polar surface area (TPSA) is 27.3 Å². The highest BCUT2D eigenvalue weighted by molar-refractivity contribution is 5.65. The molecule has 0 saturated heterocycles. The quantitative estimate of drug-likeness (QED) is 0.540. The van der Waals surface area contributed by atoms with Crippen molar-refractivity contribution in [3.05, 3.63) is 60.0 Å². The third kappa shape index (κ3) is 3.68. The van der Waals surface area contributed by atoms with Crippen molar-refractivity contribution in [3.63, 3.8) is 0 Å². The molecule has 0 fully saturated rings. The predicted octanol–water partition coefficient (Wildman–Crippen LogP) is 1.49. The molecule has 0 N–H and O–H groups in total. The van der Waals surface area contributed by atoms with Gasteiger partial charge in [-0.1, -0.05) is 0 Å². The van der Waals surface area contributed by atoms with Crippen LogP contribution in [0, 0.1) is 6.92 Å². The molecule has 0 unspecified atom stereocenters. The van der Waals surface area contributed by atoms with Crippen molar-refractivity contribution in [2.75, 3.05) is 13.2 Å².